The highest BCUT2D eigenvalue weighted by Crippen LogP contribution is 2.41. The van der Waals surface area contributed by atoms with Crippen molar-refractivity contribution in [2.45, 2.75) is 84.0 Å². The molecule has 1 saturated heterocycles. The Morgan fingerprint density at radius 3 is 1.11 bits per heavy atom. The van der Waals surface area contributed by atoms with Crippen molar-refractivity contribution in [2.24, 2.45) is 0 Å². The molecule has 10 heteroatoms. The summed E-state index contributed by atoms with van der Waals surface area (Å²) in [6.45, 7) is 7.92. The SMILES string of the molecule is CC(=O)O[C@@H]1[C@H](OC(C)=O)[C@H](OC(C)=O)[C@H]2OC(C)(C)O[C@H]2[C@@H]1OC(C)=O. The summed E-state index contributed by atoms with van der Waals surface area (Å²) in [6, 6.07) is 0. The molecular formula is C17H24O10. The predicted molar refractivity (Wildman–Crippen MR) is 86.0 cm³/mol. The maximum Gasteiger partial charge on any atom is 0.303 e. The zero-order valence-electron chi connectivity index (χ0n) is 16.0. The molecule has 0 radical (unpaired) electrons. The van der Waals surface area contributed by atoms with Crippen molar-refractivity contribution in [1.82, 2.24) is 0 Å². The van der Waals surface area contributed by atoms with Gasteiger partial charge in [-0.05, 0) is 13.8 Å². The molecule has 1 heterocycles. The number of fused-ring (bicyclic) bond motifs is 1. The second-order valence-electron chi connectivity index (χ2n) is 6.86. The predicted octanol–water partition coefficient (Wildman–Crippen LogP) is 0.247. The van der Waals surface area contributed by atoms with Crippen molar-refractivity contribution in [3.05, 3.63) is 0 Å². The van der Waals surface area contributed by atoms with Crippen LogP contribution in [0.2, 0.25) is 0 Å². The van der Waals surface area contributed by atoms with Crippen LogP contribution in [-0.4, -0.2) is 66.3 Å². The summed E-state index contributed by atoms with van der Waals surface area (Å²) in [7, 11) is 0. The maximum atomic E-state index is 11.6. The third-order valence-corrected chi connectivity index (χ3v) is 3.99. The van der Waals surface area contributed by atoms with Crippen molar-refractivity contribution in [3.8, 4) is 0 Å². The molecule has 0 unspecified atom stereocenters. The molecule has 0 amide bonds. The minimum absolute atomic E-state index is 0.656. The number of hydrogen-bond donors (Lipinski definition) is 0. The first-order valence-electron chi connectivity index (χ1n) is 8.46. The van der Waals surface area contributed by atoms with Crippen molar-refractivity contribution in [2.75, 3.05) is 0 Å². The average Bonchev–Trinajstić information content (AvgIpc) is 2.80. The minimum Gasteiger partial charge on any atom is -0.456 e. The van der Waals surface area contributed by atoms with E-state index in [2.05, 4.69) is 0 Å². The van der Waals surface area contributed by atoms with E-state index >= 15 is 0 Å². The van der Waals surface area contributed by atoms with Crippen LogP contribution >= 0.6 is 0 Å². The van der Waals surface area contributed by atoms with Crippen LogP contribution in [0, 0.1) is 0 Å². The van der Waals surface area contributed by atoms with Crippen molar-refractivity contribution < 1.29 is 47.6 Å². The summed E-state index contributed by atoms with van der Waals surface area (Å²) >= 11 is 0. The lowest BCUT2D eigenvalue weighted by Crippen LogP contribution is -2.66. The number of ether oxygens (including phenoxy) is 6. The number of carbonyl (C=O) groups excluding carboxylic acids is 4. The molecule has 0 aromatic carbocycles. The Bertz CT molecular complexity index is 575. The molecule has 27 heavy (non-hydrogen) atoms. The Morgan fingerprint density at radius 1 is 0.593 bits per heavy atom. The largest absolute Gasteiger partial charge is 0.456 e. The van der Waals surface area contributed by atoms with E-state index < -0.39 is 66.3 Å². The summed E-state index contributed by atoms with van der Waals surface area (Å²) in [6.07, 6.45) is -6.59. The molecule has 2 rings (SSSR count). The molecule has 0 aromatic heterocycles. The van der Waals surface area contributed by atoms with E-state index in [1.807, 2.05) is 0 Å². The molecule has 0 aromatic rings. The Morgan fingerprint density at radius 2 is 0.852 bits per heavy atom. The van der Waals surface area contributed by atoms with Gasteiger partial charge in [-0.1, -0.05) is 0 Å². The van der Waals surface area contributed by atoms with Gasteiger partial charge in [-0.15, -0.1) is 0 Å². The number of hydrogen-bond acceptors (Lipinski definition) is 10. The van der Waals surface area contributed by atoms with E-state index in [9.17, 15) is 19.2 Å². The lowest BCUT2D eigenvalue weighted by molar-refractivity contribution is -0.234. The van der Waals surface area contributed by atoms with Crippen molar-refractivity contribution in [3.63, 3.8) is 0 Å². The highest BCUT2D eigenvalue weighted by Gasteiger charge is 2.63. The van der Waals surface area contributed by atoms with Gasteiger partial charge < -0.3 is 28.4 Å². The van der Waals surface area contributed by atoms with E-state index in [-0.39, 0.29) is 0 Å². The molecule has 2 aliphatic rings. The molecule has 2 fully saturated rings. The maximum absolute atomic E-state index is 11.6. The van der Waals surface area contributed by atoms with Gasteiger partial charge in [0.25, 0.3) is 0 Å². The molecule has 0 spiro atoms. The molecule has 1 saturated carbocycles. The molecule has 0 N–H and O–H groups in total. The summed E-state index contributed by atoms with van der Waals surface area (Å²) in [5.41, 5.74) is 0. The van der Waals surface area contributed by atoms with E-state index in [4.69, 9.17) is 28.4 Å². The van der Waals surface area contributed by atoms with E-state index in [0.717, 1.165) is 13.8 Å². The van der Waals surface area contributed by atoms with Crippen LogP contribution in [0.1, 0.15) is 41.5 Å². The van der Waals surface area contributed by atoms with E-state index in [1.54, 1.807) is 13.8 Å². The van der Waals surface area contributed by atoms with Gasteiger partial charge in [0, 0.05) is 27.7 Å². The van der Waals surface area contributed by atoms with Gasteiger partial charge in [-0.3, -0.25) is 19.2 Å². The molecule has 6 atom stereocenters. The Balaban J connectivity index is 2.52. The molecule has 1 aliphatic heterocycles. The first-order valence-corrected chi connectivity index (χ1v) is 8.46. The second-order valence-corrected chi connectivity index (χ2v) is 6.86. The molecule has 1 aliphatic carbocycles. The van der Waals surface area contributed by atoms with Gasteiger partial charge in [0.05, 0.1) is 0 Å². The molecule has 152 valence electrons. The number of esters is 4. The van der Waals surface area contributed by atoms with Gasteiger partial charge in [0.2, 0.25) is 0 Å². The van der Waals surface area contributed by atoms with E-state index in [1.165, 1.54) is 13.8 Å². The minimum atomic E-state index is -1.25. The van der Waals surface area contributed by atoms with Crippen LogP contribution in [0.5, 0.6) is 0 Å². The molecule has 0 bridgehead atoms. The Hall–Kier alpha value is -2.20. The van der Waals surface area contributed by atoms with Crippen LogP contribution < -0.4 is 0 Å². The standard InChI is InChI=1S/C17H24O10/c1-7(18)22-11-12(23-8(2)19)14(25-10(4)21)16-15(13(11)24-9(3)20)26-17(5,6)27-16/h11-16H,1-6H3/t11-,12+,13-,14+,15+,16-. The second kappa shape index (κ2) is 7.81. The fraction of sp³-hybridized carbons (Fsp3) is 0.765. The van der Waals surface area contributed by atoms with Gasteiger partial charge in [0.1, 0.15) is 12.2 Å². The number of carbonyl (C=O) groups is 4. The van der Waals surface area contributed by atoms with Crippen LogP contribution in [0.15, 0.2) is 0 Å². The van der Waals surface area contributed by atoms with Gasteiger partial charge in [-0.2, -0.15) is 0 Å². The van der Waals surface area contributed by atoms with Crippen LogP contribution in [-0.2, 0) is 47.6 Å². The highest BCUT2D eigenvalue weighted by atomic mass is 16.8. The third kappa shape index (κ3) is 4.95. The average molecular weight is 388 g/mol. The van der Waals surface area contributed by atoms with Crippen molar-refractivity contribution in [1.29, 1.82) is 0 Å². The van der Waals surface area contributed by atoms with E-state index in [0.29, 0.717) is 0 Å². The van der Waals surface area contributed by atoms with Gasteiger partial charge >= 0.3 is 23.9 Å². The quantitative estimate of drug-likeness (QED) is 0.489. The summed E-state index contributed by atoms with van der Waals surface area (Å²) in [5.74, 6) is -3.81. The van der Waals surface area contributed by atoms with Crippen LogP contribution in [0.4, 0.5) is 0 Å². The lowest BCUT2D eigenvalue weighted by Gasteiger charge is -2.44. The van der Waals surface area contributed by atoms with Gasteiger partial charge in [0.15, 0.2) is 30.2 Å². The van der Waals surface area contributed by atoms with Crippen molar-refractivity contribution >= 4 is 23.9 Å². The number of rotatable bonds is 4. The fourth-order valence-corrected chi connectivity index (χ4v) is 3.38. The zero-order chi connectivity index (χ0) is 20.5. The first kappa shape index (κ1) is 21.1. The summed E-state index contributed by atoms with van der Waals surface area (Å²) in [5, 5.41) is 0. The van der Waals surface area contributed by atoms with Gasteiger partial charge in [-0.25, -0.2) is 0 Å². The zero-order valence-corrected chi connectivity index (χ0v) is 16.0. The monoisotopic (exact) mass is 388 g/mol. The van der Waals surface area contributed by atoms with Crippen LogP contribution in [0.25, 0.3) is 0 Å². The lowest BCUT2D eigenvalue weighted by atomic mass is 9.84. The highest BCUT2D eigenvalue weighted by molar-refractivity contribution is 5.69. The van der Waals surface area contributed by atoms with Crippen LogP contribution in [0.3, 0.4) is 0 Å². The topological polar surface area (TPSA) is 124 Å². The Kier molecular flexibility index (Phi) is 6.10. The first-order chi connectivity index (χ1) is 12.4. The Labute approximate surface area is 156 Å². The summed E-state index contributed by atoms with van der Waals surface area (Å²) < 4.78 is 32.9. The smallest absolute Gasteiger partial charge is 0.303 e. The fourth-order valence-electron chi connectivity index (χ4n) is 3.38. The third-order valence-electron chi connectivity index (χ3n) is 3.99. The molecule has 10 nitrogen and oxygen atoms in total. The normalized spacial score (nSPS) is 34.1. The summed E-state index contributed by atoms with van der Waals surface area (Å²) in [4.78, 5) is 46.5. The molecular weight excluding hydrogens is 364 g/mol.